The Morgan fingerprint density at radius 3 is 1.80 bits per heavy atom. The summed E-state index contributed by atoms with van der Waals surface area (Å²) in [6.45, 7) is 15.4. The van der Waals surface area contributed by atoms with Crippen LogP contribution in [0.1, 0.15) is 132 Å². The van der Waals surface area contributed by atoms with E-state index in [0.717, 1.165) is 70.6 Å². The quantitative estimate of drug-likeness (QED) is 0.170. The SMILES string of the molecule is CCCCC(CC)CC(CCCC(C)(C)C)C(CC(CC)CCCC)(OO)C(=O)O. The van der Waals surface area contributed by atoms with Crippen LogP contribution in [0.2, 0.25) is 0 Å². The van der Waals surface area contributed by atoms with Gasteiger partial charge in [0.25, 0.3) is 0 Å². The Bertz CT molecular complexity index is 443. The van der Waals surface area contributed by atoms with Gasteiger partial charge in [-0.3, -0.25) is 5.26 Å². The van der Waals surface area contributed by atoms with Gasteiger partial charge in [0.2, 0.25) is 5.60 Å². The molecular formula is C26H52O4. The zero-order valence-electron chi connectivity index (χ0n) is 21.1. The number of carboxylic acid groups (broad SMARTS) is 1. The number of hydrogen-bond donors (Lipinski definition) is 2. The second-order valence-electron chi connectivity index (χ2n) is 10.7. The smallest absolute Gasteiger partial charge is 0.339 e. The summed E-state index contributed by atoms with van der Waals surface area (Å²) in [5.74, 6) is -0.422. The first kappa shape index (κ1) is 29.4. The van der Waals surface area contributed by atoms with Crippen molar-refractivity contribution in [1.82, 2.24) is 0 Å². The predicted molar refractivity (Wildman–Crippen MR) is 127 cm³/mol. The summed E-state index contributed by atoms with van der Waals surface area (Å²) >= 11 is 0. The zero-order chi connectivity index (χ0) is 23.2. The van der Waals surface area contributed by atoms with Crippen LogP contribution in [0.3, 0.4) is 0 Å². The van der Waals surface area contributed by atoms with Crippen molar-refractivity contribution in [1.29, 1.82) is 0 Å². The number of carboxylic acids is 1. The van der Waals surface area contributed by atoms with Crippen molar-refractivity contribution >= 4 is 5.97 Å². The molecule has 30 heavy (non-hydrogen) atoms. The van der Waals surface area contributed by atoms with Crippen molar-refractivity contribution in [2.24, 2.45) is 23.2 Å². The molecule has 0 aliphatic carbocycles. The second-order valence-corrected chi connectivity index (χ2v) is 10.7. The second kappa shape index (κ2) is 15.2. The van der Waals surface area contributed by atoms with Gasteiger partial charge in [-0.05, 0) is 42.9 Å². The fourth-order valence-corrected chi connectivity index (χ4v) is 4.76. The Kier molecular flexibility index (Phi) is 14.9. The minimum atomic E-state index is -1.49. The first-order valence-electron chi connectivity index (χ1n) is 12.7. The molecule has 0 aromatic heterocycles. The molecule has 0 amide bonds. The number of rotatable bonds is 18. The molecule has 0 aromatic rings. The Morgan fingerprint density at radius 1 is 0.867 bits per heavy atom. The van der Waals surface area contributed by atoms with E-state index in [4.69, 9.17) is 4.89 Å². The molecule has 180 valence electrons. The molecule has 0 aliphatic rings. The lowest BCUT2D eigenvalue weighted by Crippen LogP contribution is -2.50. The highest BCUT2D eigenvalue weighted by atomic mass is 17.1. The molecule has 0 spiro atoms. The first-order valence-corrected chi connectivity index (χ1v) is 12.7. The van der Waals surface area contributed by atoms with E-state index in [1.54, 1.807) is 0 Å². The van der Waals surface area contributed by atoms with Gasteiger partial charge >= 0.3 is 5.97 Å². The molecule has 0 fully saturated rings. The van der Waals surface area contributed by atoms with Gasteiger partial charge in [-0.15, -0.1) is 0 Å². The van der Waals surface area contributed by atoms with E-state index in [9.17, 15) is 15.2 Å². The molecule has 0 bridgehead atoms. The van der Waals surface area contributed by atoms with Crippen LogP contribution in [0.15, 0.2) is 0 Å². The van der Waals surface area contributed by atoms with Crippen LogP contribution in [0, 0.1) is 23.2 Å². The maximum Gasteiger partial charge on any atom is 0.339 e. The monoisotopic (exact) mass is 428 g/mol. The Hall–Kier alpha value is -0.610. The van der Waals surface area contributed by atoms with Gasteiger partial charge in [0.05, 0.1) is 0 Å². The molecule has 0 saturated heterocycles. The fourth-order valence-electron chi connectivity index (χ4n) is 4.76. The van der Waals surface area contributed by atoms with Crippen molar-refractivity contribution in [3.8, 4) is 0 Å². The molecule has 0 aliphatic heterocycles. The maximum absolute atomic E-state index is 12.6. The normalized spacial score (nSPS) is 17.3. The van der Waals surface area contributed by atoms with E-state index < -0.39 is 11.6 Å². The third-order valence-electron chi connectivity index (χ3n) is 6.96. The molecule has 0 heterocycles. The molecule has 0 rings (SSSR count). The summed E-state index contributed by atoms with van der Waals surface area (Å²) in [5, 5.41) is 20.3. The highest BCUT2D eigenvalue weighted by Gasteiger charge is 2.49. The van der Waals surface area contributed by atoms with Gasteiger partial charge in [-0.25, -0.2) is 9.68 Å². The molecule has 4 nitrogen and oxygen atoms in total. The van der Waals surface area contributed by atoms with Gasteiger partial charge in [0.1, 0.15) is 0 Å². The summed E-state index contributed by atoms with van der Waals surface area (Å²) < 4.78 is 0. The average molecular weight is 429 g/mol. The minimum absolute atomic E-state index is 0.167. The van der Waals surface area contributed by atoms with Crippen LogP contribution in [0.25, 0.3) is 0 Å². The van der Waals surface area contributed by atoms with Gasteiger partial charge in [0, 0.05) is 5.92 Å². The lowest BCUT2D eigenvalue weighted by atomic mass is 9.71. The molecule has 2 N–H and O–H groups in total. The van der Waals surface area contributed by atoms with Gasteiger partial charge < -0.3 is 5.11 Å². The number of unbranched alkanes of at least 4 members (excludes halogenated alkanes) is 2. The zero-order valence-corrected chi connectivity index (χ0v) is 21.1. The molecule has 0 radical (unpaired) electrons. The van der Waals surface area contributed by atoms with Crippen molar-refractivity contribution in [3.63, 3.8) is 0 Å². The van der Waals surface area contributed by atoms with E-state index in [0.29, 0.717) is 12.3 Å². The van der Waals surface area contributed by atoms with E-state index in [2.05, 4.69) is 48.5 Å². The van der Waals surface area contributed by atoms with Gasteiger partial charge in [0.15, 0.2) is 0 Å². The number of carbonyl (C=O) groups is 1. The molecule has 0 saturated carbocycles. The summed E-state index contributed by atoms with van der Waals surface area (Å²) in [6, 6.07) is 0. The maximum atomic E-state index is 12.6. The first-order chi connectivity index (χ1) is 14.1. The third-order valence-corrected chi connectivity index (χ3v) is 6.96. The average Bonchev–Trinajstić information content (AvgIpc) is 2.69. The lowest BCUT2D eigenvalue weighted by molar-refractivity contribution is -0.336. The van der Waals surface area contributed by atoms with Crippen molar-refractivity contribution < 1.29 is 20.0 Å². The standard InChI is InChI=1S/C26H52O4/c1-8-12-15-21(10-3)19-23(17-14-18-25(5,6)7)26(30-29,24(27)28)20-22(11-4)16-13-9-2/h21-23,29H,8-20H2,1-7H3,(H,27,28). The van der Waals surface area contributed by atoms with E-state index >= 15 is 0 Å². The van der Waals surface area contributed by atoms with E-state index in [1.165, 1.54) is 6.42 Å². The predicted octanol–water partition coefficient (Wildman–Crippen LogP) is 8.35. The van der Waals surface area contributed by atoms with Crippen molar-refractivity contribution in [2.75, 3.05) is 0 Å². The summed E-state index contributed by atoms with van der Waals surface area (Å²) in [5.41, 5.74) is -1.28. The van der Waals surface area contributed by atoms with Crippen LogP contribution in [-0.2, 0) is 9.68 Å². The molecule has 0 aromatic carbocycles. The summed E-state index contributed by atoms with van der Waals surface area (Å²) in [6.07, 6.45) is 12.6. The van der Waals surface area contributed by atoms with Crippen LogP contribution in [0.5, 0.6) is 0 Å². The molecule has 4 heteroatoms. The fraction of sp³-hybridized carbons (Fsp3) is 0.962. The van der Waals surface area contributed by atoms with E-state index in [1.807, 2.05) is 0 Å². The Morgan fingerprint density at radius 2 is 1.40 bits per heavy atom. The molecule has 4 atom stereocenters. The Labute approximate surface area is 187 Å². The van der Waals surface area contributed by atoms with Gasteiger partial charge in [-0.1, -0.05) is 106 Å². The van der Waals surface area contributed by atoms with Crippen molar-refractivity contribution in [2.45, 2.75) is 138 Å². The molecular weight excluding hydrogens is 376 g/mol. The van der Waals surface area contributed by atoms with E-state index in [-0.39, 0.29) is 17.3 Å². The topological polar surface area (TPSA) is 66.8 Å². The van der Waals surface area contributed by atoms with Gasteiger partial charge in [-0.2, -0.15) is 0 Å². The Balaban J connectivity index is 5.75. The summed E-state index contributed by atoms with van der Waals surface area (Å²) in [7, 11) is 0. The summed E-state index contributed by atoms with van der Waals surface area (Å²) in [4.78, 5) is 17.6. The van der Waals surface area contributed by atoms with Crippen molar-refractivity contribution in [3.05, 3.63) is 0 Å². The molecule has 4 unspecified atom stereocenters. The van der Waals surface area contributed by atoms with Crippen LogP contribution in [-0.4, -0.2) is 21.9 Å². The number of aliphatic carboxylic acids is 1. The lowest BCUT2D eigenvalue weighted by Gasteiger charge is -2.38. The minimum Gasteiger partial charge on any atom is -0.479 e. The third kappa shape index (κ3) is 10.6. The van der Waals surface area contributed by atoms with Crippen LogP contribution < -0.4 is 0 Å². The highest BCUT2D eigenvalue weighted by molar-refractivity contribution is 5.78. The van der Waals surface area contributed by atoms with Crippen LogP contribution in [0.4, 0.5) is 0 Å². The highest BCUT2D eigenvalue weighted by Crippen LogP contribution is 2.41. The van der Waals surface area contributed by atoms with Crippen LogP contribution >= 0.6 is 0 Å². The number of hydrogen-bond acceptors (Lipinski definition) is 3. The largest absolute Gasteiger partial charge is 0.479 e.